The highest BCUT2D eigenvalue weighted by Crippen LogP contribution is 2.17. The average Bonchev–Trinajstić information content (AvgIpc) is 2.20. The molecule has 15 heavy (non-hydrogen) atoms. The van der Waals surface area contributed by atoms with Crippen molar-refractivity contribution in [2.24, 2.45) is 5.73 Å². The Bertz CT molecular complexity index is 432. The van der Waals surface area contributed by atoms with Gasteiger partial charge < -0.3 is 10.8 Å². The van der Waals surface area contributed by atoms with Crippen LogP contribution in [0.2, 0.25) is 0 Å². The summed E-state index contributed by atoms with van der Waals surface area (Å²) in [7, 11) is 0. The largest absolute Gasteiger partial charge is 0.478 e. The number of carbonyl (C=O) groups is 1. The van der Waals surface area contributed by atoms with E-state index in [0.717, 1.165) is 0 Å². The Morgan fingerprint density at radius 1 is 1.53 bits per heavy atom. The fraction of sp³-hybridized carbons (Fsp3) is 0.182. The molecular weight excluding hydrogens is 258 g/mol. The van der Waals surface area contributed by atoms with Crippen molar-refractivity contribution in [3.8, 4) is 11.8 Å². The van der Waals surface area contributed by atoms with Crippen LogP contribution >= 0.6 is 15.9 Å². The summed E-state index contributed by atoms with van der Waals surface area (Å²) in [6, 6.07) is 4.98. The predicted molar refractivity (Wildman–Crippen MR) is 61.7 cm³/mol. The van der Waals surface area contributed by atoms with Crippen LogP contribution in [0.5, 0.6) is 0 Å². The summed E-state index contributed by atoms with van der Waals surface area (Å²) in [5.41, 5.74) is 6.19. The average molecular weight is 268 g/mol. The van der Waals surface area contributed by atoms with Gasteiger partial charge in [0.05, 0.1) is 5.56 Å². The van der Waals surface area contributed by atoms with Gasteiger partial charge in [-0.2, -0.15) is 0 Å². The number of hydrogen-bond donors (Lipinski definition) is 2. The molecule has 0 saturated carbocycles. The number of rotatable bonds is 2. The number of aromatic carboxylic acids is 1. The van der Waals surface area contributed by atoms with Gasteiger partial charge in [-0.25, -0.2) is 4.79 Å². The van der Waals surface area contributed by atoms with E-state index in [1.54, 1.807) is 12.1 Å². The van der Waals surface area contributed by atoms with Crippen LogP contribution in [0.3, 0.4) is 0 Å². The molecule has 3 N–H and O–H groups in total. The Morgan fingerprint density at radius 2 is 2.27 bits per heavy atom. The molecule has 4 heteroatoms. The summed E-state index contributed by atoms with van der Waals surface area (Å²) >= 11 is 3.16. The third kappa shape index (κ3) is 3.39. The maximum absolute atomic E-state index is 10.8. The first-order valence-electron chi connectivity index (χ1n) is 4.37. The molecular formula is C11H10BrNO2. The number of carboxylic acid groups (broad SMARTS) is 1. The van der Waals surface area contributed by atoms with E-state index in [4.69, 9.17) is 10.8 Å². The number of carboxylic acids is 1. The molecule has 0 aromatic heterocycles. The zero-order chi connectivity index (χ0) is 11.3. The molecule has 0 atom stereocenters. The molecule has 0 spiro atoms. The molecule has 3 nitrogen and oxygen atoms in total. The molecule has 0 aliphatic carbocycles. The molecule has 0 fully saturated rings. The summed E-state index contributed by atoms with van der Waals surface area (Å²) in [6.07, 6.45) is 0.610. The predicted octanol–water partition coefficient (Wildman–Crippen LogP) is 1.85. The van der Waals surface area contributed by atoms with E-state index in [-0.39, 0.29) is 5.56 Å². The van der Waals surface area contributed by atoms with Crippen molar-refractivity contribution in [2.75, 3.05) is 6.54 Å². The second kappa shape index (κ2) is 5.54. The number of hydrogen-bond acceptors (Lipinski definition) is 2. The van der Waals surface area contributed by atoms with E-state index in [2.05, 4.69) is 27.8 Å². The molecule has 78 valence electrons. The van der Waals surface area contributed by atoms with Crippen LogP contribution in [-0.2, 0) is 0 Å². The minimum Gasteiger partial charge on any atom is -0.478 e. The third-order valence-electron chi connectivity index (χ3n) is 1.70. The molecule has 1 rings (SSSR count). The van der Waals surface area contributed by atoms with Crippen LogP contribution < -0.4 is 5.73 Å². The third-order valence-corrected chi connectivity index (χ3v) is 2.39. The maximum atomic E-state index is 10.8. The molecule has 0 saturated heterocycles. The van der Waals surface area contributed by atoms with Crippen molar-refractivity contribution in [1.82, 2.24) is 0 Å². The second-order valence-corrected chi connectivity index (χ2v) is 3.69. The topological polar surface area (TPSA) is 63.3 Å². The normalized spacial score (nSPS) is 9.20. The second-order valence-electron chi connectivity index (χ2n) is 2.84. The Kier molecular flexibility index (Phi) is 4.35. The first-order chi connectivity index (χ1) is 7.15. The van der Waals surface area contributed by atoms with Gasteiger partial charge in [-0.3, -0.25) is 0 Å². The summed E-state index contributed by atoms with van der Waals surface area (Å²) < 4.78 is 0.555. The van der Waals surface area contributed by atoms with Gasteiger partial charge in [-0.15, -0.1) is 0 Å². The van der Waals surface area contributed by atoms with E-state index < -0.39 is 5.97 Å². The number of nitrogens with two attached hydrogens (primary N) is 1. The van der Waals surface area contributed by atoms with E-state index in [1.807, 2.05) is 0 Å². The fourth-order valence-electron chi connectivity index (χ4n) is 1.00. The summed E-state index contributed by atoms with van der Waals surface area (Å²) in [5.74, 6) is 4.74. The highest BCUT2D eigenvalue weighted by molar-refractivity contribution is 9.10. The maximum Gasteiger partial charge on any atom is 0.336 e. The number of halogens is 1. The van der Waals surface area contributed by atoms with Crippen molar-refractivity contribution in [3.63, 3.8) is 0 Å². The Labute approximate surface area is 96.4 Å². The Morgan fingerprint density at radius 3 is 2.87 bits per heavy atom. The fourth-order valence-corrected chi connectivity index (χ4v) is 1.42. The molecule has 0 unspecified atom stereocenters. The van der Waals surface area contributed by atoms with Gasteiger partial charge in [0, 0.05) is 23.0 Å². The van der Waals surface area contributed by atoms with E-state index in [9.17, 15) is 4.79 Å². The summed E-state index contributed by atoms with van der Waals surface area (Å²) in [6.45, 7) is 0.509. The molecule has 1 aromatic rings. The van der Waals surface area contributed by atoms with Crippen LogP contribution in [-0.4, -0.2) is 17.6 Å². The first kappa shape index (κ1) is 11.8. The van der Waals surface area contributed by atoms with Crippen LogP contribution in [0.4, 0.5) is 0 Å². The number of benzene rings is 1. The zero-order valence-electron chi connectivity index (χ0n) is 7.96. The lowest BCUT2D eigenvalue weighted by Gasteiger charge is -1.98. The van der Waals surface area contributed by atoms with Gasteiger partial charge >= 0.3 is 5.97 Å². The van der Waals surface area contributed by atoms with Crippen molar-refractivity contribution >= 4 is 21.9 Å². The minimum atomic E-state index is -0.968. The van der Waals surface area contributed by atoms with Crippen LogP contribution in [0.15, 0.2) is 22.7 Å². The quantitative estimate of drug-likeness (QED) is 0.804. The van der Waals surface area contributed by atoms with Gasteiger partial charge in [0.2, 0.25) is 0 Å². The van der Waals surface area contributed by atoms with Gasteiger partial charge in [0.1, 0.15) is 0 Å². The minimum absolute atomic E-state index is 0.217. The molecule has 1 aromatic carbocycles. The van der Waals surface area contributed by atoms with Crippen LogP contribution in [0, 0.1) is 11.8 Å². The van der Waals surface area contributed by atoms with Crippen molar-refractivity contribution in [3.05, 3.63) is 33.8 Å². The standard InChI is InChI=1S/C11H10BrNO2/c12-10-5-4-8(3-1-2-6-13)7-9(10)11(14)15/h4-5,7H,2,6,13H2,(H,14,15). The lowest BCUT2D eigenvalue weighted by Crippen LogP contribution is -1.98. The monoisotopic (exact) mass is 267 g/mol. The van der Waals surface area contributed by atoms with E-state index in [0.29, 0.717) is 23.0 Å². The SMILES string of the molecule is NCCC#Cc1ccc(Br)c(C(=O)O)c1. The molecule has 0 amide bonds. The molecule has 0 aliphatic heterocycles. The first-order valence-corrected chi connectivity index (χ1v) is 5.16. The Hall–Kier alpha value is -1.31. The molecule has 0 heterocycles. The van der Waals surface area contributed by atoms with Gasteiger partial charge in [-0.05, 0) is 34.1 Å². The van der Waals surface area contributed by atoms with Crippen molar-refractivity contribution < 1.29 is 9.90 Å². The van der Waals surface area contributed by atoms with E-state index in [1.165, 1.54) is 6.07 Å². The van der Waals surface area contributed by atoms with Crippen molar-refractivity contribution in [1.29, 1.82) is 0 Å². The van der Waals surface area contributed by atoms with Gasteiger partial charge in [0.25, 0.3) is 0 Å². The molecule has 0 aliphatic rings. The highest BCUT2D eigenvalue weighted by Gasteiger charge is 2.07. The molecule has 0 bridgehead atoms. The van der Waals surface area contributed by atoms with Crippen LogP contribution in [0.25, 0.3) is 0 Å². The van der Waals surface area contributed by atoms with Crippen molar-refractivity contribution in [2.45, 2.75) is 6.42 Å². The Balaban J connectivity index is 2.99. The summed E-state index contributed by atoms with van der Waals surface area (Å²) in [4.78, 5) is 10.8. The van der Waals surface area contributed by atoms with Gasteiger partial charge in [0.15, 0.2) is 0 Å². The smallest absolute Gasteiger partial charge is 0.336 e. The van der Waals surface area contributed by atoms with Gasteiger partial charge in [-0.1, -0.05) is 11.8 Å². The molecule has 0 radical (unpaired) electrons. The van der Waals surface area contributed by atoms with Crippen LogP contribution in [0.1, 0.15) is 22.3 Å². The zero-order valence-corrected chi connectivity index (χ0v) is 9.54. The lowest BCUT2D eigenvalue weighted by atomic mass is 10.1. The summed E-state index contributed by atoms with van der Waals surface area (Å²) in [5, 5.41) is 8.86. The highest BCUT2D eigenvalue weighted by atomic mass is 79.9. The van der Waals surface area contributed by atoms with E-state index >= 15 is 0 Å². The lowest BCUT2D eigenvalue weighted by molar-refractivity contribution is 0.0696.